The third kappa shape index (κ3) is 1.60. The molecule has 50 valence electrons. The second-order valence-electron chi connectivity index (χ2n) is 2.79. The fourth-order valence-corrected chi connectivity index (χ4v) is 1.28. The largest absolute Gasteiger partial charge is 0.310 e. The van der Waals surface area contributed by atoms with Crippen LogP contribution in [-0.4, -0.2) is 18.0 Å². The molecule has 0 aromatic heterocycles. The lowest BCUT2D eigenvalue weighted by atomic mass is 10.0. The van der Waals surface area contributed by atoms with E-state index in [2.05, 4.69) is 13.1 Å². The molecule has 0 aromatic rings. The highest BCUT2D eigenvalue weighted by Crippen LogP contribution is 2.13. The van der Waals surface area contributed by atoms with Gasteiger partial charge in [-0.15, -0.1) is 0 Å². The third-order valence-electron chi connectivity index (χ3n) is 1.80. The molecular weight excluding hydrogens is 112 g/mol. The molecule has 0 bridgehead atoms. The predicted molar refractivity (Wildman–Crippen MR) is 35.6 cm³/mol. The maximum atomic E-state index is 8.48. The third-order valence-corrected chi connectivity index (χ3v) is 1.80. The quantitative estimate of drug-likeness (QED) is 0.454. The van der Waals surface area contributed by atoms with Crippen LogP contribution in [0.4, 0.5) is 0 Å². The predicted octanol–water partition coefficient (Wildman–Crippen LogP) is 1.20. The Kier molecular flexibility index (Phi) is 1.94. The van der Waals surface area contributed by atoms with Crippen LogP contribution in [0.25, 0.3) is 0 Å². The van der Waals surface area contributed by atoms with Gasteiger partial charge in [0, 0.05) is 13.1 Å². The van der Waals surface area contributed by atoms with E-state index in [4.69, 9.17) is 5.26 Å². The van der Waals surface area contributed by atoms with Gasteiger partial charge in [0.15, 0.2) is 6.19 Å². The summed E-state index contributed by atoms with van der Waals surface area (Å²) in [5.74, 6) is 0.721. The summed E-state index contributed by atoms with van der Waals surface area (Å²) in [4.78, 5) is 1.84. The van der Waals surface area contributed by atoms with Gasteiger partial charge in [-0.25, -0.2) is 0 Å². The number of likely N-dealkylation sites (tertiary alicyclic amines) is 1. The Morgan fingerprint density at radius 1 is 1.67 bits per heavy atom. The number of piperidine rings is 1. The highest BCUT2D eigenvalue weighted by atomic mass is 15.1. The van der Waals surface area contributed by atoms with Gasteiger partial charge >= 0.3 is 0 Å². The smallest absolute Gasteiger partial charge is 0.179 e. The normalized spacial score (nSPS) is 27.6. The highest BCUT2D eigenvalue weighted by Gasteiger charge is 2.13. The molecule has 2 heteroatoms. The Morgan fingerprint density at radius 3 is 2.89 bits per heavy atom. The SMILES string of the molecule is CC1CCCN(C#N)C1. The van der Waals surface area contributed by atoms with E-state index in [0.29, 0.717) is 0 Å². The molecule has 0 aliphatic carbocycles. The number of rotatable bonds is 0. The first-order chi connectivity index (χ1) is 4.33. The lowest BCUT2D eigenvalue weighted by Gasteiger charge is -2.25. The lowest BCUT2D eigenvalue weighted by molar-refractivity contribution is 0.257. The minimum atomic E-state index is 0.721. The summed E-state index contributed by atoms with van der Waals surface area (Å²) in [5, 5.41) is 8.48. The molecule has 1 unspecified atom stereocenters. The Balaban J connectivity index is 2.34. The van der Waals surface area contributed by atoms with E-state index in [9.17, 15) is 0 Å². The zero-order valence-corrected chi connectivity index (χ0v) is 5.80. The van der Waals surface area contributed by atoms with Gasteiger partial charge in [-0.05, 0) is 18.8 Å². The van der Waals surface area contributed by atoms with Crippen LogP contribution in [0.2, 0.25) is 0 Å². The van der Waals surface area contributed by atoms with Gasteiger partial charge < -0.3 is 4.90 Å². The molecule has 1 fully saturated rings. The molecule has 1 atom stereocenters. The molecule has 0 spiro atoms. The summed E-state index contributed by atoms with van der Waals surface area (Å²) >= 11 is 0. The summed E-state index contributed by atoms with van der Waals surface area (Å²) in [6.45, 7) is 4.14. The van der Waals surface area contributed by atoms with Crippen molar-refractivity contribution < 1.29 is 0 Å². The first-order valence-electron chi connectivity index (χ1n) is 3.47. The van der Waals surface area contributed by atoms with Gasteiger partial charge in [0.05, 0.1) is 0 Å². The molecule has 9 heavy (non-hydrogen) atoms. The molecule has 1 heterocycles. The summed E-state index contributed by atoms with van der Waals surface area (Å²) < 4.78 is 0. The molecule has 1 rings (SSSR count). The minimum Gasteiger partial charge on any atom is -0.310 e. The van der Waals surface area contributed by atoms with Gasteiger partial charge in [-0.2, -0.15) is 5.26 Å². The van der Waals surface area contributed by atoms with Crippen molar-refractivity contribution in [3.63, 3.8) is 0 Å². The van der Waals surface area contributed by atoms with Crippen molar-refractivity contribution in [3.05, 3.63) is 0 Å². The van der Waals surface area contributed by atoms with Crippen molar-refractivity contribution in [2.75, 3.05) is 13.1 Å². The molecule has 0 amide bonds. The van der Waals surface area contributed by atoms with E-state index in [-0.39, 0.29) is 0 Å². The zero-order chi connectivity index (χ0) is 6.69. The van der Waals surface area contributed by atoms with Crippen LogP contribution in [-0.2, 0) is 0 Å². The summed E-state index contributed by atoms with van der Waals surface area (Å²) in [7, 11) is 0. The standard InChI is InChI=1S/C7H12N2/c1-7-3-2-4-9(5-7)6-8/h7H,2-5H2,1H3. The molecule has 1 saturated heterocycles. The van der Waals surface area contributed by atoms with E-state index in [0.717, 1.165) is 19.0 Å². The Bertz CT molecular complexity index is 125. The number of hydrogen-bond acceptors (Lipinski definition) is 2. The average molecular weight is 124 g/mol. The lowest BCUT2D eigenvalue weighted by Crippen LogP contribution is -2.29. The Hall–Kier alpha value is -0.710. The van der Waals surface area contributed by atoms with Gasteiger partial charge in [0.1, 0.15) is 0 Å². The Labute approximate surface area is 56.1 Å². The molecule has 0 N–H and O–H groups in total. The van der Waals surface area contributed by atoms with Crippen molar-refractivity contribution >= 4 is 0 Å². The second kappa shape index (κ2) is 2.72. The van der Waals surface area contributed by atoms with Crippen LogP contribution in [0.15, 0.2) is 0 Å². The van der Waals surface area contributed by atoms with Gasteiger partial charge in [0.25, 0.3) is 0 Å². The molecule has 1 aliphatic rings. The monoisotopic (exact) mass is 124 g/mol. The Morgan fingerprint density at radius 2 is 2.44 bits per heavy atom. The minimum absolute atomic E-state index is 0.721. The van der Waals surface area contributed by atoms with Crippen LogP contribution in [0.5, 0.6) is 0 Å². The fourth-order valence-electron chi connectivity index (χ4n) is 1.28. The van der Waals surface area contributed by atoms with Crippen LogP contribution < -0.4 is 0 Å². The van der Waals surface area contributed by atoms with Crippen LogP contribution >= 0.6 is 0 Å². The molecule has 0 radical (unpaired) electrons. The molecule has 2 nitrogen and oxygen atoms in total. The van der Waals surface area contributed by atoms with E-state index >= 15 is 0 Å². The van der Waals surface area contributed by atoms with E-state index in [1.165, 1.54) is 12.8 Å². The number of hydrogen-bond donors (Lipinski definition) is 0. The van der Waals surface area contributed by atoms with Crippen molar-refractivity contribution in [2.45, 2.75) is 19.8 Å². The molecule has 0 aromatic carbocycles. The van der Waals surface area contributed by atoms with Crippen molar-refractivity contribution in [1.29, 1.82) is 5.26 Å². The van der Waals surface area contributed by atoms with Crippen molar-refractivity contribution in [2.24, 2.45) is 5.92 Å². The van der Waals surface area contributed by atoms with Crippen LogP contribution in [0.3, 0.4) is 0 Å². The first kappa shape index (κ1) is 6.41. The highest BCUT2D eigenvalue weighted by molar-refractivity contribution is 4.79. The maximum absolute atomic E-state index is 8.48. The zero-order valence-electron chi connectivity index (χ0n) is 5.80. The maximum Gasteiger partial charge on any atom is 0.179 e. The summed E-state index contributed by atoms with van der Waals surface area (Å²) in [6, 6.07) is 0. The first-order valence-corrected chi connectivity index (χ1v) is 3.47. The van der Waals surface area contributed by atoms with Crippen LogP contribution in [0, 0.1) is 17.4 Å². The van der Waals surface area contributed by atoms with E-state index in [1.54, 1.807) is 0 Å². The average Bonchev–Trinajstić information content (AvgIpc) is 1.88. The fraction of sp³-hybridized carbons (Fsp3) is 0.857. The molecule has 0 saturated carbocycles. The van der Waals surface area contributed by atoms with E-state index < -0.39 is 0 Å². The number of nitrogens with zero attached hydrogens (tertiary/aromatic N) is 2. The summed E-state index contributed by atoms with van der Waals surface area (Å²) in [6.07, 6.45) is 4.65. The second-order valence-corrected chi connectivity index (χ2v) is 2.79. The van der Waals surface area contributed by atoms with Crippen molar-refractivity contribution in [3.8, 4) is 6.19 Å². The molecule has 1 aliphatic heterocycles. The number of nitriles is 1. The molecular formula is C7H12N2. The summed E-state index contributed by atoms with van der Waals surface area (Å²) in [5.41, 5.74) is 0. The van der Waals surface area contributed by atoms with Crippen LogP contribution in [0.1, 0.15) is 19.8 Å². The van der Waals surface area contributed by atoms with Gasteiger partial charge in [0.2, 0.25) is 0 Å². The van der Waals surface area contributed by atoms with Crippen molar-refractivity contribution in [1.82, 2.24) is 4.90 Å². The van der Waals surface area contributed by atoms with Gasteiger partial charge in [-0.3, -0.25) is 0 Å². The van der Waals surface area contributed by atoms with E-state index in [1.807, 2.05) is 4.90 Å². The van der Waals surface area contributed by atoms with Gasteiger partial charge in [-0.1, -0.05) is 6.92 Å². The topological polar surface area (TPSA) is 27.0 Å².